The van der Waals surface area contributed by atoms with E-state index in [2.05, 4.69) is 20.1 Å². The predicted molar refractivity (Wildman–Crippen MR) is 67.5 cm³/mol. The van der Waals surface area contributed by atoms with Gasteiger partial charge in [0.15, 0.2) is 5.69 Å². The summed E-state index contributed by atoms with van der Waals surface area (Å²) < 4.78 is 6.02. The van der Waals surface area contributed by atoms with E-state index in [1.807, 2.05) is 0 Å². The monoisotopic (exact) mass is 271 g/mol. The molecule has 20 heavy (non-hydrogen) atoms. The molecular weight excluding hydrogens is 262 g/mol. The van der Waals surface area contributed by atoms with Gasteiger partial charge in [0.1, 0.15) is 0 Å². The molecule has 0 saturated carbocycles. The molecule has 0 unspecified atom stereocenters. The molecule has 0 aliphatic rings. The fourth-order valence-electron chi connectivity index (χ4n) is 1.76. The topological polar surface area (TPSA) is 102 Å². The molecule has 3 rings (SSSR count). The highest BCUT2D eigenvalue weighted by Crippen LogP contribution is 2.19. The minimum Gasteiger partial charge on any atom is -0.477 e. The van der Waals surface area contributed by atoms with Gasteiger partial charge in [-0.15, -0.1) is 5.10 Å². The van der Waals surface area contributed by atoms with Crippen LogP contribution in [0.25, 0.3) is 17.0 Å². The van der Waals surface area contributed by atoms with Gasteiger partial charge in [0, 0.05) is 18.0 Å². The van der Waals surface area contributed by atoms with E-state index in [-0.39, 0.29) is 17.5 Å². The standard InChI is InChI=1S/C12H9N5O3/c1-20-12-15-11-14-8(7-2-4-13-5-3-7)6-9(10(18)19)17(11)16-12/h2-6H,1H3,(H,18,19). The molecular formula is C12H9N5O3. The van der Waals surface area contributed by atoms with Crippen molar-refractivity contribution in [3.63, 3.8) is 0 Å². The average Bonchev–Trinajstić information content (AvgIpc) is 2.89. The van der Waals surface area contributed by atoms with E-state index < -0.39 is 5.97 Å². The maximum Gasteiger partial charge on any atom is 0.354 e. The Morgan fingerprint density at radius 3 is 2.70 bits per heavy atom. The Labute approximate surface area is 112 Å². The molecule has 0 bridgehead atoms. The maximum absolute atomic E-state index is 11.3. The number of methoxy groups -OCH3 is 1. The Hall–Kier alpha value is -3.03. The molecule has 3 heterocycles. The van der Waals surface area contributed by atoms with Crippen LogP contribution in [0.1, 0.15) is 10.5 Å². The SMILES string of the molecule is COc1nc2nc(-c3ccncc3)cc(C(=O)O)n2n1. The largest absolute Gasteiger partial charge is 0.477 e. The van der Waals surface area contributed by atoms with Crippen molar-refractivity contribution in [2.24, 2.45) is 0 Å². The molecule has 8 heteroatoms. The van der Waals surface area contributed by atoms with Crippen LogP contribution in [0.4, 0.5) is 0 Å². The number of rotatable bonds is 3. The molecule has 3 aromatic heterocycles. The van der Waals surface area contributed by atoms with Crippen LogP contribution in [0, 0.1) is 0 Å². The number of nitrogens with zero attached hydrogens (tertiary/aromatic N) is 5. The molecule has 0 aromatic carbocycles. The van der Waals surface area contributed by atoms with Gasteiger partial charge < -0.3 is 9.84 Å². The molecule has 0 fully saturated rings. The fourth-order valence-corrected chi connectivity index (χ4v) is 1.76. The minimum absolute atomic E-state index is 0.0439. The van der Waals surface area contributed by atoms with Crippen molar-refractivity contribution in [2.75, 3.05) is 7.11 Å². The van der Waals surface area contributed by atoms with Gasteiger partial charge >= 0.3 is 12.0 Å². The molecule has 1 N–H and O–H groups in total. The van der Waals surface area contributed by atoms with Crippen molar-refractivity contribution in [1.82, 2.24) is 24.6 Å². The first-order valence-electron chi connectivity index (χ1n) is 5.64. The lowest BCUT2D eigenvalue weighted by Crippen LogP contribution is -2.08. The van der Waals surface area contributed by atoms with Gasteiger partial charge in [0.25, 0.3) is 5.78 Å². The fraction of sp³-hybridized carbons (Fsp3) is 0.0833. The summed E-state index contributed by atoms with van der Waals surface area (Å²) in [6.45, 7) is 0. The average molecular weight is 271 g/mol. The van der Waals surface area contributed by atoms with Crippen LogP contribution in [-0.4, -0.2) is 42.8 Å². The van der Waals surface area contributed by atoms with Crippen molar-refractivity contribution < 1.29 is 14.6 Å². The van der Waals surface area contributed by atoms with Gasteiger partial charge in [0.05, 0.1) is 12.8 Å². The van der Waals surface area contributed by atoms with Crippen LogP contribution in [0.2, 0.25) is 0 Å². The second-order valence-corrected chi connectivity index (χ2v) is 3.88. The second-order valence-electron chi connectivity index (χ2n) is 3.88. The van der Waals surface area contributed by atoms with Crippen LogP contribution >= 0.6 is 0 Å². The first kappa shape index (κ1) is 12.0. The summed E-state index contributed by atoms with van der Waals surface area (Å²) in [4.78, 5) is 23.5. The molecule has 0 atom stereocenters. The number of hydrogen-bond acceptors (Lipinski definition) is 6. The molecule has 0 amide bonds. The number of ether oxygens (including phenoxy) is 1. The summed E-state index contributed by atoms with van der Waals surface area (Å²) in [6, 6.07) is 4.96. The van der Waals surface area contributed by atoms with E-state index >= 15 is 0 Å². The third kappa shape index (κ3) is 1.92. The van der Waals surface area contributed by atoms with E-state index in [0.717, 1.165) is 10.1 Å². The van der Waals surface area contributed by atoms with E-state index in [9.17, 15) is 9.90 Å². The Balaban J connectivity index is 2.27. The predicted octanol–water partition coefficient (Wildman–Crippen LogP) is 0.893. The molecule has 0 aliphatic heterocycles. The lowest BCUT2D eigenvalue weighted by Gasteiger charge is -2.03. The van der Waals surface area contributed by atoms with Crippen molar-refractivity contribution >= 4 is 11.7 Å². The number of aromatic nitrogens is 5. The van der Waals surface area contributed by atoms with Gasteiger partial charge in [-0.25, -0.2) is 9.78 Å². The summed E-state index contributed by atoms with van der Waals surface area (Å²) in [5.41, 5.74) is 1.18. The number of carboxylic acid groups (broad SMARTS) is 1. The van der Waals surface area contributed by atoms with E-state index in [1.165, 1.54) is 13.2 Å². The van der Waals surface area contributed by atoms with E-state index in [1.54, 1.807) is 24.5 Å². The summed E-state index contributed by atoms with van der Waals surface area (Å²) in [5.74, 6) is -0.964. The number of fused-ring (bicyclic) bond motifs is 1. The molecule has 3 aromatic rings. The number of hydrogen-bond donors (Lipinski definition) is 1. The highest BCUT2D eigenvalue weighted by Gasteiger charge is 2.16. The molecule has 0 saturated heterocycles. The zero-order valence-electron chi connectivity index (χ0n) is 10.4. The van der Waals surface area contributed by atoms with Gasteiger partial charge in [-0.3, -0.25) is 4.98 Å². The smallest absolute Gasteiger partial charge is 0.354 e. The first-order chi connectivity index (χ1) is 9.69. The summed E-state index contributed by atoms with van der Waals surface area (Å²) in [6.07, 6.45) is 3.21. The highest BCUT2D eigenvalue weighted by atomic mass is 16.5. The Bertz CT molecular complexity index is 784. The number of carboxylic acids is 1. The van der Waals surface area contributed by atoms with Gasteiger partial charge in [0.2, 0.25) is 0 Å². The Kier molecular flexibility index (Phi) is 2.75. The molecule has 0 spiro atoms. The summed E-state index contributed by atoms with van der Waals surface area (Å²) >= 11 is 0. The van der Waals surface area contributed by atoms with Crippen LogP contribution in [0.5, 0.6) is 6.01 Å². The normalized spacial score (nSPS) is 10.7. The zero-order valence-corrected chi connectivity index (χ0v) is 10.4. The van der Waals surface area contributed by atoms with Gasteiger partial charge in [-0.1, -0.05) is 0 Å². The molecule has 0 aliphatic carbocycles. The van der Waals surface area contributed by atoms with E-state index in [0.29, 0.717) is 5.69 Å². The number of pyridine rings is 1. The number of aromatic carboxylic acids is 1. The molecule has 0 radical (unpaired) electrons. The third-order valence-corrected chi connectivity index (χ3v) is 2.67. The van der Waals surface area contributed by atoms with Crippen LogP contribution in [0.15, 0.2) is 30.6 Å². The van der Waals surface area contributed by atoms with Gasteiger partial charge in [-0.05, 0) is 18.2 Å². The van der Waals surface area contributed by atoms with Crippen molar-refractivity contribution in [3.05, 3.63) is 36.3 Å². The van der Waals surface area contributed by atoms with Crippen LogP contribution in [0.3, 0.4) is 0 Å². The molecule has 100 valence electrons. The summed E-state index contributed by atoms with van der Waals surface area (Å²) in [5, 5.41) is 13.2. The lowest BCUT2D eigenvalue weighted by atomic mass is 10.2. The minimum atomic E-state index is -1.12. The quantitative estimate of drug-likeness (QED) is 0.754. The first-order valence-corrected chi connectivity index (χ1v) is 5.64. The Morgan fingerprint density at radius 2 is 2.05 bits per heavy atom. The summed E-state index contributed by atoms with van der Waals surface area (Å²) in [7, 11) is 1.40. The lowest BCUT2D eigenvalue weighted by molar-refractivity contribution is 0.0687. The van der Waals surface area contributed by atoms with E-state index in [4.69, 9.17) is 4.74 Å². The maximum atomic E-state index is 11.3. The zero-order chi connectivity index (χ0) is 14.1. The van der Waals surface area contributed by atoms with Crippen molar-refractivity contribution in [1.29, 1.82) is 0 Å². The van der Waals surface area contributed by atoms with Crippen LogP contribution in [-0.2, 0) is 0 Å². The van der Waals surface area contributed by atoms with Crippen LogP contribution < -0.4 is 4.74 Å². The Morgan fingerprint density at radius 1 is 1.30 bits per heavy atom. The number of carbonyl (C=O) groups is 1. The molecule has 8 nitrogen and oxygen atoms in total. The van der Waals surface area contributed by atoms with Gasteiger partial charge in [-0.2, -0.15) is 9.50 Å². The highest BCUT2D eigenvalue weighted by molar-refractivity contribution is 5.87. The van der Waals surface area contributed by atoms with Crippen molar-refractivity contribution in [3.8, 4) is 17.3 Å². The van der Waals surface area contributed by atoms with Crippen molar-refractivity contribution in [2.45, 2.75) is 0 Å². The third-order valence-electron chi connectivity index (χ3n) is 2.67. The second kappa shape index (κ2) is 4.57.